The molecular formula is C23H26F2N2O4. The molecule has 6 nitrogen and oxygen atoms in total. The van der Waals surface area contributed by atoms with E-state index in [0.29, 0.717) is 36.9 Å². The molecule has 2 N–H and O–H groups in total. The summed E-state index contributed by atoms with van der Waals surface area (Å²) in [6, 6.07) is 11.2. The molecule has 1 aliphatic heterocycles. The molecule has 2 fully saturated rings. The molecule has 1 saturated heterocycles. The van der Waals surface area contributed by atoms with Gasteiger partial charge in [-0.1, -0.05) is 18.2 Å². The number of rotatable bonds is 8. The fraction of sp³-hybridized carbons (Fsp3) is 0.435. The molecule has 2 aliphatic rings. The van der Waals surface area contributed by atoms with E-state index in [4.69, 9.17) is 19.9 Å². The molecule has 0 radical (unpaired) electrons. The van der Waals surface area contributed by atoms with Crippen molar-refractivity contribution in [3.63, 3.8) is 0 Å². The standard InChI is InChI=1S/C23H26F2N2O4/c1-13(22(26)28)31-19-8-7-14(16-5-4-6-20(29-2)21(16)30-3)9-15(19)10-27-11-17-18(12-27)23(17,24)25/h4-9,13,17-18H,10-12H2,1-3H3,(H2,26,28). The van der Waals surface area contributed by atoms with Gasteiger partial charge in [-0.2, -0.15) is 0 Å². The van der Waals surface area contributed by atoms with E-state index in [9.17, 15) is 13.6 Å². The van der Waals surface area contributed by atoms with Crippen molar-refractivity contribution in [3.05, 3.63) is 42.0 Å². The smallest absolute Gasteiger partial charge is 0.258 e. The Labute approximate surface area is 179 Å². The van der Waals surface area contributed by atoms with E-state index in [1.807, 2.05) is 35.2 Å². The average Bonchev–Trinajstić information content (AvgIpc) is 3.06. The number of ether oxygens (including phenoxy) is 3. The Balaban J connectivity index is 1.66. The average molecular weight is 432 g/mol. The van der Waals surface area contributed by atoms with Gasteiger partial charge in [-0.05, 0) is 30.7 Å². The second kappa shape index (κ2) is 8.00. The predicted molar refractivity (Wildman–Crippen MR) is 111 cm³/mol. The van der Waals surface area contributed by atoms with Gasteiger partial charge in [0.2, 0.25) is 0 Å². The molecule has 1 aliphatic carbocycles. The van der Waals surface area contributed by atoms with Crippen LogP contribution in [0.4, 0.5) is 8.78 Å². The molecular weight excluding hydrogens is 406 g/mol. The van der Waals surface area contributed by atoms with E-state index in [1.165, 1.54) is 0 Å². The van der Waals surface area contributed by atoms with Crippen molar-refractivity contribution in [2.75, 3.05) is 27.3 Å². The number of nitrogens with two attached hydrogens (primary N) is 1. The molecule has 0 aromatic heterocycles. The lowest BCUT2D eigenvalue weighted by Crippen LogP contribution is -2.31. The number of amides is 1. The lowest BCUT2D eigenvalue weighted by Gasteiger charge is -2.23. The number of nitrogens with zero attached hydrogens (tertiary/aromatic N) is 1. The Kier molecular flexibility index (Phi) is 5.51. The Hall–Kier alpha value is -2.87. The Morgan fingerprint density at radius 2 is 1.87 bits per heavy atom. The van der Waals surface area contributed by atoms with Gasteiger partial charge in [0, 0.05) is 42.6 Å². The summed E-state index contributed by atoms with van der Waals surface area (Å²) in [6.07, 6.45) is -0.813. The van der Waals surface area contributed by atoms with Crippen LogP contribution in [0.5, 0.6) is 17.2 Å². The number of carbonyl (C=O) groups excluding carboxylic acids is 1. The van der Waals surface area contributed by atoms with Crippen LogP contribution in [0.3, 0.4) is 0 Å². The van der Waals surface area contributed by atoms with E-state index < -0.39 is 29.8 Å². The molecule has 3 atom stereocenters. The van der Waals surface area contributed by atoms with Crippen LogP contribution in [0.2, 0.25) is 0 Å². The monoisotopic (exact) mass is 432 g/mol. The number of halogens is 2. The topological polar surface area (TPSA) is 74.0 Å². The lowest BCUT2D eigenvalue weighted by molar-refractivity contribution is -0.124. The minimum atomic E-state index is -2.54. The number of hydrogen-bond acceptors (Lipinski definition) is 5. The van der Waals surface area contributed by atoms with Crippen molar-refractivity contribution in [1.82, 2.24) is 4.90 Å². The molecule has 0 bridgehead atoms. The zero-order valence-electron chi connectivity index (χ0n) is 17.7. The van der Waals surface area contributed by atoms with Crippen LogP contribution < -0.4 is 19.9 Å². The molecule has 1 amide bonds. The van der Waals surface area contributed by atoms with E-state index >= 15 is 0 Å². The van der Waals surface area contributed by atoms with Crippen LogP contribution >= 0.6 is 0 Å². The molecule has 31 heavy (non-hydrogen) atoms. The quantitative estimate of drug-likeness (QED) is 0.693. The summed E-state index contributed by atoms with van der Waals surface area (Å²) in [4.78, 5) is 13.5. The SMILES string of the molecule is COc1cccc(-c2ccc(OC(C)C(N)=O)c(CN3CC4C(C3)C4(F)F)c2)c1OC. The minimum absolute atomic E-state index is 0.342. The molecule has 2 aromatic carbocycles. The summed E-state index contributed by atoms with van der Waals surface area (Å²) in [5.41, 5.74) is 7.83. The van der Waals surface area contributed by atoms with Crippen molar-refractivity contribution >= 4 is 5.91 Å². The van der Waals surface area contributed by atoms with Gasteiger partial charge < -0.3 is 19.9 Å². The Morgan fingerprint density at radius 1 is 1.16 bits per heavy atom. The van der Waals surface area contributed by atoms with Gasteiger partial charge in [0.25, 0.3) is 11.8 Å². The first-order chi connectivity index (χ1) is 14.8. The summed E-state index contributed by atoms with van der Waals surface area (Å²) in [5, 5.41) is 0. The fourth-order valence-corrected chi connectivity index (χ4v) is 4.31. The number of benzene rings is 2. The summed E-state index contributed by atoms with van der Waals surface area (Å²) in [7, 11) is 3.15. The highest BCUT2D eigenvalue weighted by atomic mass is 19.3. The normalized spacial score (nSPS) is 22.5. The van der Waals surface area contributed by atoms with Crippen molar-refractivity contribution < 1.29 is 27.8 Å². The van der Waals surface area contributed by atoms with E-state index in [0.717, 1.165) is 16.7 Å². The fourth-order valence-electron chi connectivity index (χ4n) is 4.31. The van der Waals surface area contributed by atoms with E-state index in [1.54, 1.807) is 27.2 Å². The van der Waals surface area contributed by atoms with Gasteiger partial charge in [-0.3, -0.25) is 9.69 Å². The molecule has 4 rings (SSSR count). The predicted octanol–water partition coefficient (Wildman–Crippen LogP) is 3.32. The number of para-hydroxylation sites is 1. The van der Waals surface area contributed by atoms with Crippen LogP contribution in [0.15, 0.2) is 36.4 Å². The summed E-state index contributed by atoms with van der Waals surface area (Å²) >= 11 is 0. The molecule has 1 heterocycles. The molecule has 8 heteroatoms. The number of methoxy groups -OCH3 is 2. The zero-order valence-corrected chi connectivity index (χ0v) is 17.7. The highest BCUT2D eigenvalue weighted by Gasteiger charge is 2.71. The first-order valence-corrected chi connectivity index (χ1v) is 10.2. The van der Waals surface area contributed by atoms with Crippen LogP contribution in [-0.4, -0.2) is 50.1 Å². The zero-order chi connectivity index (χ0) is 22.3. The molecule has 0 spiro atoms. The lowest BCUT2D eigenvalue weighted by atomic mass is 10.0. The number of piperidine rings is 1. The third-order valence-electron chi connectivity index (χ3n) is 6.15. The van der Waals surface area contributed by atoms with Gasteiger partial charge >= 0.3 is 0 Å². The third kappa shape index (κ3) is 3.92. The second-order valence-electron chi connectivity index (χ2n) is 8.11. The molecule has 3 unspecified atom stereocenters. The Bertz CT molecular complexity index is 984. The number of alkyl halides is 2. The molecule has 166 valence electrons. The highest BCUT2D eigenvalue weighted by molar-refractivity contribution is 5.79. The molecule has 1 saturated carbocycles. The van der Waals surface area contributed by atoms with Gasteiger partial charge in [-0.15, -0.1) is 0 Å². The largest absolute Gasteiger partial charge is 0.493 e. The summed E-state index contributed by atoms with van der Waals surface area (Å²) < 4.78 is 43.9. The van der Waals surface area contributed by atoms with Crippen molar-refractivity contribution in [1.29, 1.82) is 0 Å². The van der Waals surface area contributed by atoms with Crippen molar-refractivity contribution in [2.45, 2.75) is 25.5 Å². The maximum Gasteiger partial charge on any atom is 0.258 e. The van der Waals surface area contributed by atoms with Crippen LogP contribution in [0.25, 0.3) is 11.1 Å². The van der Waals surface area contributed by atoms with Gasteiger partial charge in [0.1, 0.15) is 5.75 Å². The van der Waals surface area contributed by atoms with Gasteiger partial charge in [0.05, 0.1) is 14.2 Å². The number of fused-ring (bicyclic) bond motifs is 1. The maximum atomic E-state index is 13.6. The van der Waals surface area contributed by atoms with Crippen LogP contribution in [-0.2, 0) is 11.3 Å². The summed E-state index contributed by atoms with van der Waals surface area (Å²) in [5.74, 6) is -2.54. The Morgan fingerprint density at radius 3 is 2.48 bits per heavy atom. The second-order valence-corrected chi connectivity index (χ2v) is 8.11. The highest BCUT2D eigenvalue weighted by Crippen LogP contribution is 2.59. The third-order valence-corrected chi connectivity index (χ3v) is 6.15. The number of primary amides is 1. The molecule has 2 aromatic rings. The minimum Gasteiger partial charge on any atom is -0.493 e. The van der Waals surface area contributed by atoms with Crippen molar-refractivity contribution in [2.24, 2.45) is 17.6 Å². The van der Waals surface area contributed by atoms with Gasteiger partial charge in [0.15, 0.2) is 17.6 Å². The summed E-state index contributed by atoms with van der Waals surface area (Å²) in [6.45, 7) is 2.70. The van der Waals surface area contributed by atoms with Crippen LogP contribution in [0.1, 0.15) is 12.5 Å². The number of hydrogen-bond donors (Lipinski definition) is 1. The first-order valence-electron chi connectivity index (χ1n) is 10.2. The number of carbonyl (C=O) groups is 1. The van der Waals surface area contributed by atoms with E-state index in [-0.39, 0.29) is 0 Å². The van der Waals surface area contributed by atoms with E-state index in [2.05, 4.69) is 0 Å². The van der Waals surface area contributed by atoms with Crippen molar-refractivity contribution in [3.8, 4) is 28.4 Å². The van der Waals surface area contributed by atoms with Crippen LogP contribution in [0, 0.1) is 11.8 Å². The first kappa shape index (κ1) is 21.4. The van der Waals surface area contributed by atoms with Gasteiger partial charge in [-0.25, -0.2) is 8.78 Å². The maximum absolute atomic E-state index is 13.6. The number of likely N-dealkylation sites (tertiary alicyclic amines) is 1.